The van der Waals surface area contributed by atoms with E-state index in [0.717, 1.165) is 17.0 Å². The molecule has 148 valence electrons. The lowest BCUT2D eigenvalue weighted by Crippen LogP contribution is -2.16. The van der Waals surface area contributed by atoms with Gasteiger partial charge in [-0.2, -0.15) is 5.10 Å². The maximum Gasteiger partial charge on any atom is 0.256 e. The molecule has 0 fully saturated rings. The molecule has 4 rings (SSSR count). The van der Waals surface area contributed by atoms with Crippen molar-refractivity contribution in [2.24, 2.45) is 0 Å². The molecule has 0 bridgehead atoms. The van der Waals surface area contributed by atoms with Gasteiger partial charge in [0, 0.05) is 16.5 Å². The summed E-state index contributed by atoms with van der Waals surface area (Å²) in [6.07, 6.45) is 1.67. The number of hydrogen-bond acceptors (Lipinski definition) is 6. The number of benzene rings is 1. The van der Waals surface area contributed by atoms with Crippen molar-refractivity contribution in [2.75, 3.05) is 5.32 Å². The number of rotatable bonds is 7. The van der Waals surface area contributed by atoms with E-state index in [4.69, 9.17) is 9.26 Å². The number of carbonyl (C=O) groups is 1. The highest BCUT2D eigenvalue weighted by molar-refractivity contribution is 7.09. The van der Waals surface area contributed by atoms with Gasteiger partial charge in [0.25, 0.3) is 5.91 Å². The van der Waals surface area contributed by atoms with Gasteiger partial charge in [-0.3, -0.25) is 4.79 Å². The Hall–Kier alpha value is -3.39. The first-order valence-electron chi connectivity index (χ1n) is 9.10. The van der Waals surface area contributed by atoms with Gasteiger partial charge in [0.1, 0.15) is 23.9 Å². The number of amides is 1. The first-order valence-corrected chi connectivity index (χ1v) is 9.98. The highest BCUT2D eigenvalue weighted by Crippen LogP contribution is 2.20. The van der Waals surface area contributed by atoms with Crippen molar-refractivity contribution in [1.82, 2.24) is 14.9 Å². The number of hydrogen-bond donors (Lipinski definition) is 1. The molecule has 0 saturated carbocycles. The van der Waals surface area contributed by atoms with Crippen molar-refractivity contribution in [3.05, 3.63) is 81.5 Å². The van der Waals surface area contributed by atoms with Gasteiger partial charge < -0.3 is 14.6 Å². The van der Waals surface area contributed by atoms with Gasteiger partial charge in [0.2, 0.25) is 0 Å². The molecule has 1 aromatic carbocycles. The summed E-state index contributed by atoms with van der Waals surface area (Å²) in [4.78, 5) is 13.9. The molecular formula is C21H20N4O3S. The third kappa shape index (κ3) is 4.38. The van der Waals surface area contributed by atoms with E-state index < -0.39 is 0 Å². The molecule has 0 spiro atoms. The Kier molecular flexibility index (Phi) is 5.44. The molecule has 7 nitrogen and oxygen atoms in total. The number of aryl methyl sites for hydroxylation is 2. The van der Waals surface area contributed by atoms with Gasteiger partial charge in [0.05, 0.1) is 24.0 Å². The van der Waals surface area contributed by atoms with Gasteiger partial charge in [-0.25, -0.2) is 4.68 Å². The Bertz CT molecular complexity index is 1100. The highest BCUT2D eigenvalue weighted by atomic mass is 32.1. The molecule has 0 saturated heterocycles. The Morgan fingerprint density at radius 1 is 1.24 bits per heavy atom. The summed E-state index contributed by atoms with van der Waals surface area (Å²) in [5, 5.41) is 13.2. The number of ether oxygens (including phenoxy) is 1. The third-order valence-corrected chi connectivity index (χ3v) is 5.37. The van der Waals surface area contributed by atoms with Crippen LogP contribution in [0.2, 0.25) is 0 Å². The quantitative estimate of drug-likeness (QED) is 0.489. The average Bonchev–Trinajstić information content (AvgIpc) is 3.45. The molecule has 3 heterocycles. The minimum absolute atomic E-state index is 0.222. The Balaban J connectivity index is 1.43. The van der Waals surface area contributed by atoms with E-state index in [1.807, 2.05) is 37.4 Å². The lowest BCUT2D eigenvalue weighted by Gasteiger charge is -2.10. The molecule has 1 amide bonds. The Morgan fingerprint density at radius 3 is 2.90 bits per heavy atom. The summed E-state index contributed by atoms with van der Waals surface area (Å²) in [6, 6.07) is 12.9. The van der Waals surface area contributed by atoms with Crippen molar-refractivity contribution in [2.45, 2.75) is 27.0 Å². The molecule has 0 aliphatic rings. The van der Waals surface area contributed by atoms with Crippen LogP contribution < -0.4 is 10.1 Å². The summed E-state index contributed by atoms with van der Waals surface area (Å²) in [7, 11) is 0. The zero-order valence-corrected chi connectivity index (χ0v) is 16.9. The highest BCUT2D eigenvalue weighted by Gasteiger charge is 2.13. The van der Waals surface area contributed by atoms with E-state index in [0.29, 0.717) is 30.3 Å². The number of thiophene rings is 1. The smallest absolute Gasteiger partial charge is 0.256 e. The van der Waals surface area contributed by atoms with Gasteiger partial charge in [-0.05, 0) is 43.5 Å². The van der Waals surface area contributed by atoms with E-state index in [1.165, 1.54) is 4.88 Å². The van der Waals surface area contributed by atoms with Crippen molar-refractivity contribution >= 4 is 23.1 Å². The second-order valence-electron chi connectivity index (χ2n) is 6.53. The standard InChI is InChI=1S/C21H20N4O3S/c1-14-19(15(2)28-24-14)13-27-17-6-3-5-16(11-17)21(26)23-20-8-9-22-25(20)12-18-7-4-10-29-18/h3-11H,12-13H2,1-2H3,(H,23,26). The SMILES string of the molecule is Cc1noc(C)c1COc1cccc(C(=O)Nc2ccnn2Cc2cccs2)c1. The van der Waals surface area contributed by atoms with Gasteiger partial charge in [-0.15, -0.1) is 11.3 Å². The van der Waals surface area contributed by atoms with Gasteiger partial charge >= 0.3 is 0 Å². The fraction of sp³-hybridized carbons (Fsp3) is 0.190. The molecule has 0 unspecified atom stereocenters. The third-order valence-electron chi connectivity index (χ3n) is 4.50. The lowest BCUT2D eigenvalue weighted by molar-refractivity contribution is 0.102. The fourth-order valence-corrected chi connectivity index (χ4v) is 3.58. The minimum Gasteiger partial charge on any atom is -0.489 e. The van der Waals surface area contributed by atoms with Crippen molar-refractivity contribution in [1.29, 1.82) is 0 Å². The van der Waals surface area contributed by atoms with E-state index in [9.17, 15) is 4.79 Å². The largest absolute Gasteiger partial charge is 0.489 e. The predicted octanol–water partition coefficient (Wildman–Crippen LogP) is 4.43. The normalized spacial score (nSPS) is 10.8. The second kappa shape index (κ2) is 8.32. The lowest BCUT2D eigenvalue weighted by atomic mass is 10.2. The minimum atomic E-state index is -0.222. The first kappa shape index (κ1) is 18.9. The number of nitrogens with zero attached hydrogens (tertiary/aromatic N) is 3. The first-order chi connectivity index (χ1) is 14.1. The fourth-order valence-electron chi connectivity index (χ4n) is 2.89. The molecule has 0 aliphatic heterocycles. The number of anilines is 1. The van der Waals surface area contributed by atoms with Crippen LogP contribution in [0.25, 0.3) is 0 Å². The van der Waals surface area contributed by atoms with Crippen LogP contribution in [0.15, 0.2) is 58.6 Å². The maximum absolute atomic E-state index is 12.7. The molecule has 1 N–H and O–H groups in total. The summed E-state index contributed by atoms with van der Waals surface area (Å²) in [6.45, 7) is 4.67. The average molecular weight is 408 g/mol. The molecule has 0 aliphatic carbocycles. The van der Waals surface area contributed by atoms with Crippen LogP contribution >= 0.6 is 11.3 Å². The van der Waals surface area contributed by atoms with Crippen LogP contribution in [0, 0.1) is 13.8 Å². The zero-order chi connectivity index (χ0) is 20.2. The van der Waals surface area contributed by atoms with Crippen LogP contribution in [0.3, 0.4) is 0 Å². The predicted molar refractivity (Wildman–Crippen MR) is 110 cm³/mol. The summed E-state index contributed by atoms with van der Waals surface area (Å²) in [5.74, 6) is 1.76. The monoisotopic (exact) mass is 408 g/mol. The van der Waals surface area contributed by atoms with Crippen molar-refractivity contribution in [3.63, 3.8) is 0 Å². The van der Waals surface area contributed by atoms with E-state index in [2.05, 4.69) is 15.6 Å². The van der Waals surface area contributed by atoms with Gasteiger partial charge in [0.15, 0.2) is 0 Å². The summed E-state index contributed by atoms with van der Waals surface area (Å²) < 4.78 is 12.8. The van der Waals surface area contributed by atoms with Crippen LogP contribution in [0.1, 0.15) is 32.3 Å². The molecule has 29 heavy (non-hydrogen) atoms. The zero-order valence-electron chi connectivity index (χ0n) is 16.1. The maximum atomic E-state index is 12.7. The van der Waals surface area contributed by atoms with Crippen LogP contribution in [0.5, 0.6) is 5.75 Å². The molecule has 8 heteroatoms. The summed E-state index contributed by atoms with van der Waals surface area (Å²) in [5.41, 5.74) is 2.22. The summed E-state index contributed by atoms with van der Waals surface area (Å²) >= 11 is 1.65. The van der Waals surface area contributed by atoms with E-state index >= 15 is 0 Å². The molecular weight excluding hydrogens is 388 g/mol. The molecule has 4 aromatic rings. The molecule has 0 atom stereocenters. The Morgan fingerprint density at radius 2 is 2.14 bits per heavy atom. The molecule has 3 aromatic heterocycles. The molecule has 0 radical (unpaired) electrons. The number of nitrogens with one attached hydrogen (secondary N) is 1. The van der Waals surface area contributed by atoms with Crippen molar-refractivity contribution in [3.8, 4) is 5.75 Å². The van der Waals surface area contributed by atoms with E-state index in [1.54, 1.807) is 46.5 Å². The van der Waals surface area contributed by atoms with Crippen LogP contribution in [-0.2, 0) is 13.2 Å². The van der Waals surface area contributed by atoms with Crippen LogP contribution in [0.4, 0.5) is 5.82 Å². The topological polar surface area (TPSA) is 82.2 Å². The van der Waals surface area contributed by atoms with E-state index in [-0.39, 0.29) is 5.91 Å². The number of carbonyl (C=O) groups excluding carboxylic acids is 1. The Labute approximate surface area is 171 Å². The number of aromatic nitrogens is 3. The second-order valence-corrected chi connectivity index (χ2v) is 7.56. The van der Waals surface area contributed by atoms with Crippen LogP contribution in [-0.4, -0.2) is 20.8 Å². The van der Waals surface area contributed by atoms with Crippen molar-refractivity contribution < 1.29 is 14.1 Å². The van der Waals surface area contributed by atoms with Gasteiger partial charge in [-0.1, -0.05) is 17.3 Å².